The Morgan fingerprint density at radius 3 is 2.89 bits per heavy atom. The third-order valence-electron chi connectivity index (χ3n) is 2.78. The number of carbonyl (C=O) groups is 1. The van der Waals surface area contributed by atoms with Crippen LogP contribution in [0.15, 0.2) is 5.38 Å². The average Bonchev–Trinajstić information content (AvgIpc) is 2.82. The highest BCUT2D eigenvalue weighted by Gasteiger charge is 2.12. The molecule has 0 atom stereocenters. The number of hydrogen-bond donors (Lipinski definition) is 2. The van der Waals surface area contributed by atoms with Crippen molar-refractivity contribution >= 4 is 22.4 Å². The Hall–Kier alpha value is -0.980. The molecule has 1 aromatic heterocycles. The SMILES string of the molecule is CCN(C(C)=O)c1nc(CNCCCCCO)cs1. The molecule has 0 saturated carbocycles. The minimum atomic E-state index is 0.0281. The van der Waals surface area contributed by atoms with Crippen LogP contribution in [0.3, 0.4) is 0 Å². The second kappa shape index (κ2) is 9.01. The summed E-state index contributed by atoms with van der Waals surface area (Å²) in [5, 5.41) is 14.7. The molecule has 5 nitrogen and oxygen atoms in total. The highest BCUT2D eigenvalue weighted by atomic mass is 32.1. The minimum absolute atomic E-state index is 0.0281. The molecule has 0 aliphatic rings. The standard InChI is InChI=1S/C13H23N3O2S/c1-3-16(11(2)18)13-15-12(10-19-13)9-14-7-5-4-6-8-17/h10,14,17H,3-9H2,1-2H3. The van der Waals surface area contributed by atoms with E-state index in [0.29, 0.717) is 6.54 Å². The lowest BCUT2D eigenvalue weighted by Gasteiger charge is -2.14. The van der Waals surface area contributed by atoms with Gasteiger partial charge in [0.1, 0.15) is 0 Å². The molecule has 0 spiro atoms. The summed E-state index contributed by atoms with van der Waals surface area (Å²) in [6, 6.07) is 0. The van der Waals surface area contributed by atoms with E-state index in [-0.39, 0.29) is 12.5 Å². The normalized spacial score (nSPS) is 10.7. The molecule has 0 fully saturated rings. The summed E-state index contributed by atoms with van der Waals surface area (Å²) in [5.74, 6) is 0.0281. The molecule has 1 aromatic rings. The zero-order valence-electron chi connectivity index (χ0n) is 11.7. The lowest BCUT2D eigenvalue weighted by Crippen LogP contribution is -2.27. The second-order valence-electron chi connectivity index (χ2n) is 4.35. The molecule has 0 aromatic carbocycles. The van der Waals surface area contributed by atoms with Crippen molar-refractivity contribution < 1.29 is 9.90 Å². The van der Waals surface area contributed by atoms with Gasteiger partial charge >= 0.3 is 0 Å². The molecule has 2 N–H and O–H groups in total. The Morgan fingerprint density at radius 1 is 1.47 bits per heavy atom. The van der Waals surface area contributed by atoms with E-state index in [1.54, 1.807) is 11.8 Å². The van der Waals surface area contributed by atoms with Gasteiger partial charge in [-0.05, 0) is 32.7 Å². The second-order valence-corrected chi connectivity index (χ2v) is 5.18. The highest BCUT2D eigenvalue weighted by molar-refractivity contribution is 7.14. The number of anilines is 1. The van der Waals surface area contributed by atoms with Crippen molar-refractivity contribution in [3.63, 3.8) is 0 Å². The fourth-order valence-electron chi connectivity index (χ4n) is 1.75. The van der Waals surface area contributed by atoms with Gasteiger partial charge in [0.15, 0.2) is 5.13 Å². The van der Waals surface area contributed by atoms with Crippen LogP contribution in [0.5, 0.6) is 0 Å². The van der Waals surface area contributed by atoms with Crippen molar-refractivity contribution in [2.75, 3.05) is 24.6 Å². The summed E-state index contributed by atoms with van der Waals surface area (Å²) in [7, 11) is 0. The molecule has 0 bridgehead atoms. The molecule has 0 saturated heterocycles. The molecule has 19 heavy (non-hydrogen) atoms. The van der Waals surface area contributed by atoms with E-state index < -0.39 is 0 Å². The molecule has 1 heterocycles. The number of amides is 1. The molecule has 0 radical (unpaired) electrons. The number of thiazole rings is 1. The molecule has 6 heteroatoms. The van der Waals surface area contributed by atoms with Gasteiger partial charge in [0, 0.05) is 32.0 Å². The summed E-state index contributed by atoms with van der Waals surface area (Å²) in [5.41, 5.74) is 0.974. The fraction of sp³-hybridized carbons (Fsp3) is 0.692. The van der Waals surface area contributed by atoms with E-state index >= 15 is 0 Å². The largest absolute Gasteiger partial charge is 0.396 e. The zero-order chi connectivity index (χ0) is 14.1. The highest BCUT2D eigenvalue weighted by Crippen LogP contribution is 2.20. The monoisotopic (exact) mass is 285 g/mol. The van der Waals surface area contributed by atoms with Gasteiger partial charge in [0.25, 0.3) is 0 Å². The molecule has 1 amide bonds. The summed E-state index contributed by atoms with van der Waals surface area (Å²) in [4.78, 5) is 17.5. The van der Waals surface area contributed by atoms with E-state index in [0.717, 1.165) is 43.2 Å². The number of nitrogens with zero attached hydrogens (tertiary/aromatic N) is 2. The lowest BCUT2D eigenvalue weighted by atomic mass is 10.2. The van der Waals surface area contributed by atoms with Crippen LogP contribution in [0.4, 0.5) is 5.13 Å². The molecule has 0 aliphatic heterocycles. The Morgan fingerprint density at radius 2 is 2.26 bits per heavy atom. The maximum atomic E-state index is 11.4. The van der Waals surface area contributed by atoms with Crippen LogP contribution in [0.25, 0.3) is 0 Å². The topological polar surface area (TPSA) is 65.5 Å². The Bertz CT molecular complexity index is 382. The van der Waals surface area contributed by atoms with Crippen LogP contribution < -0.4 is 10.2 Å². The third kappa shape index (κ3) is 5.67. The summed E-state index contributed by atoms with van der Waals surface area (Å²) >= 11 is 1.50. The van der Waals surface area contributed by atoms with Gasteiger partial charge in [-0.25, -0.2) is 4.98 Å². The number of unbranched alkanes of at least 4 members (excludes halogenated alkanes) is 2. The van der Waals surface area contributed by atoms with Gasteiger partial charge in [-0.3, -0.25) is 9.69 Å². The maximum absolute atomic E-state index is 11.4. The van der Waals surface area contributed by atoms with Crippen LogP contribution in [0.1, 0.15) is 38.8 Å². The summed E-state index contributed by atoms with van der Waals surface area (Å²) < 4.78 is 0. The van der Waals surface area contributed by atoms with Crippen molar-refractivity contribution in [3.05, 3.63) is 11.1 Å². The number of aliphatic hydroxyl groups excluding tert-OH is 1. The average molecular weight is 285 g/mol. The number of aliphatic hydroxyl groups is 1. The minimum Gasteiger partial charge on any atom is -0.396 e. The molecule has 0 aliphatic carbocycles. The van der Waals surface area contributed by atoms with E-state index in [1.807, 2.05) is 12.3 Å². The van der Waals surface area contributed by atoms with E-state index in [4.69, 9.17) is 5.11 Å². The lowest BCUT2D eigenvalue weighted by molar-refractivity contribution is -0.116. The molecular formula is C13H23N3O2S. The number of hydrogen-bond acceptors (Lipinski definition) is 5. The van der Waals surface area contributed by atoms with Crippen LogP contribution in [-0.2, 0) is 11.3 Å². The predicted octanol–water partition coefficient (Wildman–Crippen LogP) is 1.77. The first-order chi connectivity index (χ1) is 9.19. The zero-order valence-corrected chi connectivity index (χ0v) is 12.5. The smallest absolute Gasteiger partial charge is 0.225 e. The maximum Gasteiger partial charge on any atom is 0.225 e. The van der Waals surface area contributed by atoms with Crippen LogP contribution in [-0.4, -0.2) is 35.7 Å². The van der Waals surface area contributed by atoms with Crippen molar-refractivity contribution in [3.8, 4) is 0 Å². The third-order valence-corrected chi connectivity index (χ3v) is 3.70. The first kappa shape index (κ1) is 16.1. The van der Waals surface area contributed by atoms with Crippen LogP contribution in [0.2, 0.25) is 0 Å². The van der Waals surface area contributed by atoms with Gasteiger partial charge in [0.2, 0.25) is 5.91 Å². The van der Waals surface area contributed by atoms with E-state index in [9.17, 15) is 4.79 Å². The quantitative estimate of drug-likeness (QED) is 0.679. The van der Waals surface area contributed by atoms with Gasteiger partial charge in [-0.2, -0.15) is 0 Å². The van der Waals surface area contributed by atoms with E-state index in [1.165, 1.54) is 11.3 Å². The van der Waals surface area contributed by atoms with E-state index in [2.05, 4.69) is 10.3 Å². The Kier molecular flexibility index (Phi) is 7.62. The number of rotatable bonds is 9. The van der Waals surface area contributed by atoms with Crippen molar-refractivity contribution in [2.24, 2.45) is 0 Å². The first-order valence-electron chi connectivity index (χ1n) is 6.73. The van der Waals surface area contributed by atoms with Crippen molar-refractivity contribution in [1.29, 1.82) is 0 Å². The van der Waals surface area contributed by atoms with Gasteiger partial charge in [0.05, 0.1) is 5.69 Å². The molecular weight excluding hydrogens is 262 g/mol. The predicted molar refractivity (Wildman–Crippen MR) is 78.5 cm³/mol. The fourth-order valence-corrected chi connectivity index (χ4v) is 2.68. The van der Waals surface area contributed by atoms with Gasteiger partial charge in [-0.1, -0.05) is 0 Å². The van der Waals surface area contributed by atoms with Crippen LogP contribution >= 0.6 is 11.3 Å². The molecule has 0 unspecified atom stereocenters. The van der Waals surface area contributed by atoms with Crippen LogP contribution in [0, 0.1) is 0 Å². The number of nitrogens with one attached hydrogen (secondary N) is 1. The molecule has 1 rings (SSSR count). The molecule has 108 valence electrons. The number of carbonyl (C=O) groups excluding carboxylic acids is 1. The van der Waals surface area contributed by atoms with Gasteiger partial charge < -0.3 is 10.4 Å². The van der Waals surface area contributed by atoms with Crippen molar-refractivity contribution in [2.45, 2.75) is 39.7 Å². The van der Waals surface area contributed by atoms with Crippen molar-refractivity contribution in [1.82, 2.24) is 10.3 Å². The number of aromatic nitrogens is 1. The Labute approximate surface area is 118 Å². The first-order valence-corrected chi connectivity index (χ1v) is 7.61. The Balaban J connectivity index is 2.32. The van der Waals surface area contributed by atoms with Gasteiger partial charge in [-0.15, -0.1) is 11.3 Å². The summed E-state index contributed by atoms with van der Waals surface area (Å²) in [6.07, 6.45) is 2.97. The summed E-state index contributed by atoms with van der Waals surface area (Å²) in [6.45, 7) is 6.08.